The predicted molar refractivity (Wildman–Crippen MR) is 197 cm³/mol. The zero-order valence-corrected chi connectivity index (χ0v) is 25.8. The lowest BCUT2D eigenvalue weighted by Gasteiger charge is -2.16. The molecule has 0 atom stereocenters. The van der Waals surface area contributed by atoms with Crippen molar-refractivity contribution < 1.29 is 0 Å². The normalized spacial score (nSPS) is 11.3. The molecule has 0 aliphatic heterocycles. The van der Waals surface area contributed by atoms with Crippen LogP contribution in [0.15, 0.2) is 158 Å². The van der Waals surface area contributed by atoms with Gasteiger partial charge in [0, 0.05) is 38.5 Å². The molecular formula is C44H26N4. The minimum atomic E-state index is 0.464. The molecule has 0 spiro atoms. The van der Waals surface area contributed by atoms with Gasteiger partial charge in [-0.3, -0.25) is 0 Å². The lowest BCUT2D eigenvalue weighted by molar-refractivity contribution is 1.17. The van der Waals surface area contributed by atoms with E-state index in [1.54, 1.807) is 12.1 Å². The van der Waals surface area contributed by atoms with E-state index in [2.05, 4.69) is 141 Å². The number of hydrogen-bond donors (Lipinski definition) is 0. The molecule has 0 N–H and O–H groups in total. The van der Waals surface area contributed by atoms with E-state index in [1.165, 1.54) is 21.5 Å². The first-order chi connectivity index (χ1) is 23.7. The van der Waals surface area contributed by atoms with Gasteiger partial charge in [-0.2, -0.15) is 5.26 Å². The molecule has 7 aromatic carbocycles. The van der Waals surface area contributed by atoms with E-state index in [9.17, 15) is 5.26 Å². The Morgan fingerprint density at radius 1 is 0.500 bits per heavy atom. The third-order valence-electron chi connectivity index (χ3n) is 9.37. The number of fused-ring (bicyclic) bond motifs is 7. The minimum absolute atomic E-state index is 0.464. The van der Waals surface area contributed by atoms with E-state index in [0.717, 1.165) is 55.7 Å². The number of benzene rings is 7. The summed E-state index contributed by atoms with van der Waals surface area (Å²) in [5.41, 5.74) is 11.5. The molecule has 0 unspecified atom stereocenters. The van der Waals surface area contributed by atoms with Crippen molar-refractivity contribution in [3.05, 3.63) is 175 Å². The monoisotopic (exact) mass is 610 g/mol. The smallest absolute Gasteiger partial charge is 0.196 e. The fraction of sp³-hybridized carbons (Fsp3) is 0. The molecule has 4 heteroatoms. The van der Waals surface area contributed by atoms with Gasteiger partial charge in [-0.1, -0.05) is 103 Å². The van der Waals surface area contributed by atoms with Crippen LogP contribution in [0.1, 0.15) is 5.56 Å². The summed E-state index contributed by atoms with van der Waals surface area (Å²) in [6.07, 6.45) is 0. The van der Waals surface area contributed by atoms with E-state index in [4.69, 9.17) is 6.57 Å². The summed E-state index contributed by atoms with van der Waals surface area (Å²) in [6.45, 7) is 7.93. The number of para-hydroxylation sites is 3. The predicted octanol–water partition coefficient (Wildman–Crippen LogP) is 11.6. The van der Waals surface area contributed by atoms with Crippen LogP contribution >= 0.6 is 0 Å². The Morgan fingerprint density at radius 2 is 1.17 bits per heavy atom. The standard InChI is InChI=1S/C44H26N4/c1-46-39-26-29(28-45)20-22-34(39)33-23-21-32(27-38(33)30-12-4-2-5-13-30)48-40-18-10-8-16-35(40)36-24-25-42-43(44(36)48)37-17-9-11-19-41(37)47(42)31-14-6-3-7-15-31/h2-27H. The minimum Gasteiger partial charge on any atom is -0.309 e. The summed E-state index contributed by atoms with van der Waals surface area (Å²) in [7, 11) is 0. The van der Waals surface area contributed by atoms with Gasteiger partial charge in [0.2, 0.25) is 0 Å². The molecule has 0 amide bonds. The summed E-state index contributed by atoms with van der Waals surface area (Å²) in [6, 6.07) is 56.8. The molecule has 48 heavy (non-hydrogen) atoms. The first kappa shape index (κ1) is 27.4. The van der Waals surface area contributed by atoms with Gasteiger partial charge in [-0.25, -0.2) is 4.85 Å². The SMILES string of the molecule is [C-]#[N+]c1cc(C#N)ccc1-c1ccc(-n2c3ccccc3c3ccc4c(c5ccccc5n4-c4ccccc4)c32)cc1-c1ccccc1. The quantitative estimate of drug-likeness (QED) is 0.183. The molecule has 222 valence electrons. The molecule has 9 aromatic rings. The maximum absolute atomic E-state index is 9.52. The third kappa shape index (κ3) is 4.07. The van der Waals surface area contributed by atoms with Crippen molar-refractivity contribution in [2.75, 3.05) is 0 Å². The summed E-state index contributed by atoms with van der Waals surface area (Å²) in [5, 5.41) is 14.3. The summed E-state index contributed by atoms with van der Waals surface area (Å²) < 4.78 is 4.76. The highest BCUT2D eigenvalue weighted by atomic mass is 15.0. The summed E-state index contributed by atoms with van der Waals surface area (Å²) in [5.74, 6) is 0. The van der Waals surface area contributed by atoms with Crippen LogP contribution in [0, 0.1) is 17.9 Å². The van der Waals surface area contributed by atoms with E-state index in [1.807, 2.05) is 24.3 Å². The Hall–Kier alpha value is -6.88. The number of rotatable bonds is 4. The second-order valence-corrected chi connectivity index (χ2v) is 11.9. The lowest BCUT2D eigenvalue weighted by Crippen LogP contribution is -1.97. The molecule has 0 aliphatic rings. The second kappa shape index (κ2) is 10.9. The summed E-state index contributed by atoms with van der Waals surface area (Å²) in [4.78, 5) is 3.83. The van der Waals surface area contributed by atoms with Crippen molar-refractivity contribution in [3.8, 4) is 39.7 Å². The lowest BCUT2D eigenvalue weighted by atomic mass is 9.92. The van der Waals surface area contributed by atoms with Crippen molar-refractivity contribution in [3.63, 3.8) is 0 Å². The highest BCUT2D eigenvalue weighted by molar-refractivity contribution is 6.26. The Labute approximate surface area is 277 Å². The van der Waals surface area contributed by atoms with E-state index < -0.39 is 0 Å². The molecule has 2 heterocycles. The van der Waals surface area contributed by atoms with Crippen molar-refractivity contribution >= 4 is 49.3 Å². The largest absolute Gasteiger partial charge is 0.309 e. The maximum Gasteiger partial charge on any atom is 0.196 e. The molecule has 0 aliphatic carbocycles. The van der Waals surface area contributed by atoms with Crippen LogP contribution in [0.2, 0.25) is 0 Å². The first-order valence-corrected chi connectivity index (χ1v) is 15.9. The van der Waals surface area contributed by atoms with E-state index in [0.29, 0.717) is 11.3 Å². The van der Waals surface area contributed by atoms with Gasteiger partial charge < -0.3 is 9.13 Å². The Morgan fingerprint density at radius 3 is 1.92 bits per heavy atom. The molecule has 2 aromatic heterocycles. The van der Waals surface area contributed by atoms with Crippen molar-refractivity contribution in [1.29, 1.82) is 5.26 Å². The van der Waals surface area contributed by atoms with Gasteiger partial charge in [-0.15, -0.1) is 0 Å². The van der Waals surface area contributed by atoms with Crippen LogP contribution in [0.4, 0.5) is 5.69 Å². The Bertz CT molecular complexity index is 2790. The van der Waals surface area contributed by atoms with Crippen LogP contribution in [0.3, 0.4) is 0 Å². The van der Waals surface area contributed by atoms with Crippen LogP contribution in [0.5, 0.6) is 0 Å². The van der Waals surface area contributed by atoms with Crippen molar-refractivity contribution in [1.82, 2.24) is 9.13 Å². The van der Waals surface area contributed by atoms with Crippen molar-refractivity contribution in [2.45, 2.75) is 0 Å². The average Bonchev–Trinajstić information content (AvgIpc) is 3.68. The van der Waals surface area contributed by atoms with Gasteiger partial charge in [0.1, 0.15) is 0 Å². The summed E-state index contributed by atoms with van der Waals surface area (Å²) >= 11 is 0. The number of aromatic nitrogens is 2. The van der Waals surface area contributed by atoms with Crippen LogP contribution < -0.4 is 0 Å². The molecule has 0 fully saturated rings. The first-order valence-electron chi connectivity index (χ1n) is 15.9. The van der Waals surface area contributed by atoms with Gasteiger partial charge in [0.15, 0.2) is 5.69 Å². The number of nitriles is 1. The fourth-order valence-electron chi connectivity index (χ4n) is 7.32. The topological polar surface area (TPSA) is 38.0 Å². The molecule has 9 rings (SSSR count). The molecule has 4 nitrogen and oxygen atoms in total. The third-order valence-corrected chi connectivity index (χ3v) is 9.37. The fourth-order valence-corrected chi connectivity index (χ4v) is 7.32. The highest BCUT2D eigenvalue weighted by Gasteiger charge is 2.22. The van der Waals surface area contributed by atoms with E-state index >= 15 is 0 Å². The number of hydrogen-bond acceptors (Lipinski definition) is 1. The van der Waals surface area contributed by atoms with Gasteiger partial charge in [0.05, 0.1) is 34.7 Å². The van der Waals surface area contributed by atoms with Gasteiger partial charge in [0.25, 0.3) is 0 Å². The second-order valence-electron chi connectivity index (χ2n) is 11.9. The molecule has 0 saturated heterocycles. The molecule has 0 radical (unpaired) electrons. The van der Waals surface area contributed by atoms with Gasteiger partial charge in [-0.05, 0) is 76.9 Å². The van der Waals surface area contributed by atoms with Crippen LogP contribution in [-0.4, -0.2) is 9.13 Å². The van der Waals surface area contributed by atoms with Crippen LogP contribution in [0.25, 0.3) is 82.1 Å². The Balaban J connectivity index is 1.41. The molecule has 0 saturated carbocycles. The van der Waals surface area contributed by atoms with E-state index in [-0.39, 0.29) is 0 Å². The Kier molecular flexibility index (Phi) is 6.22. The molecule has 0 bridgehead atoms. The maximum atomic E-state index is 9.52. The van der Waals surface area contributed by atoms with Crippen LogP contribution in [-0.2, 0) is 0 Å². The van der Waals surface area contributed by atoms with Crippen molar-refractivity contribution in [2.24, 2.45) is 0 Å². The zero-order valence-electron chi connectivity index (χ0n) is 25.8. The molecular weight excluding hydrogens is 585 g/mol. The number of nitrogens with zero attached hydrogens (tertiary/aromatic N) is 4. The zero-order chi connectivity index (χ0) is 32.2. The highest BCUT2D eigenvalue weighted by Crippen LogP contribution is 2.44. The average molecular weight is 611 g/mol. The van der Waals surface area contributed by atoms with Gasteiger partial charge >= 0.3 is 0 Å².